The molecule has 0 aromatic rings. The Hall–Kier alpha value is -0.650. The molecule has 0 saturated carbocycles. The second-order valence-corrected chi connectivity index (χ2v) is 5.47. The number of nitrogens with zero attached hydrogens (tertiary/aromatic N) is 1. The summed E-state index contributed by atoms with van der Waals surface area (Å²) in [6.07, 6.45) is 1.39. The Morgan fingerprint density at radius 3 is 2.89 bits per heavy atom. The van der Waals surface area contributed by atoms with Crippen LogP contribution in [0.2, 0.25) is 0 Å². The van der Waals surface area contributed by atoms with E-state index < -0.39 is 6.10 Å². The van der Waals surface area contributed by atoms with Crippen molar-refractivity contribution in [1.29, 1.82) is 0 Å². The van der Waals surface area contributed by atoms with E-state index in [9.17, 15) is 9.90 Å². The summed E-state index contributed by atoms with van der Waals surface area (Å²) in [4.78, 5) is 13.9. The standard InChI is InChI=1S/C13H27N3O2/c1-11(2)8-12(17)9-15-13(18)10-16-6-3-4-14-5-7-16/h11-12,14,17H,3-10H2,1-2H3,(H,15,18). The molecule has 0 aromatic heterocycles. The Labute approximate surface area is 110 Å². The van der Waals surface area contributed by atoms with E-state index in [-0.39, 0.29) is 5.91 Å². The summed E-state index contributed by atoms with van der Waals surface area (Å²) in [5.74, 6) is 0.466. The molecular weight excluding hydrogens is 230 g/mol. The van der Waals surface area contributed by atoms with E-state index >= 15 is 0 Å². The van der Waals surface area contributed by atoms with Gasteiger partial charge in [-0.05, 0) is 31.8 Å². The fourth-order valence-corrected chi connectivity index (χ4v) is 2.18. The van der Waals surface area contributed by atoms with Gasteiger partial charge in [-0.3, -0.25) is 9.69 Å². The Balaban J connectivity index is 2.16. The lowest BCUT2D eigenvalue weighted by Crippen LogP contribution is -2.41. The van der Waals surface area contributed by atoms with Crippen LogP contribution in [-0.2, 0) is 4.79 Å². The van der Waals surface area contributed by atoms with Crippen LogP contribution in [0.3, 0.4) is 0 Å². The van der Waals surface area contributed by atoms with Crippen molar-refractivity contribution >= 4 is 5.91 Å². The highest BCUT2D eigenvalue weighted by Gasteiger charge is 2.14. The number of aliphatic hydroxyl groups is 1. The number of rotatable bonds is 6. The third kappa shape index (κ3) is 6.93. The Kier molecular flexibility index (Phi) is 7.23. The minimum atomic E-state index is -0.431. The SMILES string of the molecule is CC(C)CC(O)CNC(=O)CN1CCCNCC1. The van der Waals surface area contributed by atoms with Crippen molar-refractivity contribution in [2.24, 2.45) is 5.92 Å². The third-order valence-corrected chi connectivity index (χ3v) is 3.08. The van der Waals surface area contributed by atoms with E-state index in [1.165, 1.54) is 0 Å². The zero-order valence-electron chi connectivity index (χ0n) is 11.6. The van der Waals surface area contributed by atoms with Crippen molar-refractivity contribution in [3.8, 4) is 0 Å². The quantitative estimate of drug-likeness (QED) is 0.617. The van der Waals surface area contributed by atoms with Gasteiger partial charge in [0.2, 0.25) is 5.91 Å². The van der Waals surface area contributed by atoms with Gasteiger partial charge < -0.3 is 15.7 Å². The molecule has 5 nitrogen and oxygen atoms in total. The van der Waals surface area contributed by atoms with Gasteiger partial charge in [0.1, 0.15) is 0 Å². The lowest BCUT2D eigenvalue weighted by atomic mass is 10.1. The number of nitrogens with one attached hydrogen (secondary N) is 2. The molecule has 0 spiro atoms. The fourth-order valence-electron chi connectivity index (χ4n) is 2.18. The van der Waals surface area contributed by atoms with Gasteiger partial charge in [-0.1, -0.05) is 13.8 Å². The van der Waals surface area contributed by atoms with Gasteiger partial charge in [-0.15, -0.1) is 0 Å². The van der Waals surface area contributed by atoms with Gasteiger partial charge >= 0.3 is 0 Å². The first kappa shape index (κ1) is 15.4. The van der Waals surface area contributed by atoms with Crippen LogP contribution < -0.4 is 10.6 Å². The molecule has 0 radical (unpaired) electrons. The highest BCUT2D eigenvalue weighted by atomic mass is 16.3. The molecule has 1 rings (SSSR count). The molecule has 5 heteroatoms. The van der Waals surface area contributed by atoms with E-state index in [1.54, 1.807) is 0 Å². The molecule has 1 fully saturated rings. The van der Waals surface area contributed by atoms with Crippen LogP contribution in [0.25, 0.3) is 0 Å². The van der Waals surface area contributed by atoms with Gasteiger partial charge in [-0.25, -0.2) is 0 Å². The van der Waals surface area contributed by atoms with E-state index in [4.69, 9.17) is 0 Å². The van der Waals surface area contributed by atoms with E-state index in [2.05, 4.69) is 29.4 Å². The van der Waals surface area contributed by atoms with E-state index in [0.717, 1.165) is 39.0 Å². The van der Waals surface area contributed by atoms with Crippen LogP contribution in [-0.4, -0.2) is 61.3 Å². The first-order valence-electron chi connectivity index (χ1n) is 6.95. The molecule has 1 amide bonds. The molecule has 18 heavy (non-hydrogen) atoms. The predicted octanol–water partition coefficient (Wildman–Crippen LogP) is -0.195. The zero-order valence-corrected chi connectivity index (χ0v) is 11.6. The van der Waals surface area contributed by atoms with Crippen molar-refractivity contribution in [3.63, 3.8) is 0 Å². The number of carbonyl (C=O) groups excluding carboxylic acids is 1. The topological polar surface area (TPSA) is 64.6 Å². The summed E-state index contributed by atoms with van der Waals surface area (Å²) < 4.78 is 0. The van der Waals surface area contributed by atoms with Gasteiger partial charge in [0.15, 0.2) is 0 Å². The molecule has 0 bridgehead atoms. The van der Waals surface area contributed by atoms with Crippen LogP contribution in [0, 0.1) is 5.92 Å². The maximum atomic E-state index is 11.7. The number of amides is 1. The Morgan fingerprint density at radius 2 is 2.17 bits per heavy atom. The minimum absolute atomic E-state index is 0.0136. The monoisotopic (exact) mass is 257 g/mol. The first-order chi connectivity index (χ1) is 8.58. The van der Waals surface area contributed by atoms with Crippen LogP contribution >= 0.6 is 0 Å². The maximum absolute atomic E-state index is 11.7. The molecule has 106 valence electrons. The zero-order chi connectivity index (χ0) is 13.4. The average Bonchev–Trinajstić information content (AvgIpc) is 2.54. The van der Waals surface area contributed by atoms with Gasteiger partial charge in [-0.2, -0.15) is 0 Å². The summed E-state index contributed by atoms with van der Waals surface area (Å²) in [5.41, 5.74) is 0. The van der Waals surface area contributed by atoms with Crippen molar-refractivity contribution in [1.82, 2.24) is 15.5 Å². The van der Waals surface area contributed by atoms with Crippen molar-refractivity contribution in [2.45, 2.75) is 32.8 Å². The number of aliphatic hydroxyl groups excluding tert-OH is 1. The largest absolute Gasteiger partial charge is 0.391 e. The van der Waals surface area contributed by atoms with E-state index in [0.29, 0.717) is 19.0 Å². The Bertz CT molecular complexity index is 238. The average molecular weight is 257 g/mol. The molecule has 1 aliphatic rings. The lowest BCUT2D eigenvalue weighted by Gasteiger charge is -2.19. The molecule has 3 N–H and O–H groups in total. The molecule has 1 atom stereocenters. The van der Waals surface area contributed by atoms with Crippen LogP contribution in [0.5, 0.6) is 0 Å². The van der Waals surface area contributed by atoms with Crippen molar-refractivity contribution in [3.05, 3.63) is 0 Å². The molecule has 1 heterocycles. The van der Waals surface area contributed by atoms with Crippen molar-refractivity contribution < 1.29 is 9.90 Å². The van der Waals surface area contributed by atoms with Crippen LogP contribution in [0.4, 0.5) is 0 Å². The van der Waals surface area contributed by atoms with Gasteiger partial charge in [0.05, 0.1) is 12.6 Å². The second kappa shape index (κ2) is 8.45. The maximum Gasteiger partial charge on any atom is 0.234 e. The number of carbonyl (C=O) groups is 1. The molecule has 0 aliphatic carbocycles. The molecule has 0 aromatic carbocycles. The second-order valence-electron chi connectivity index (χ2n) is 5.47. The van der Waals surface area contributed by atoms with Crippen LogP contribution in [0.15, 0.2) is 0 Å². The molecule has 1 unspecified atom stereocenters. The summed E-state index contributed by atoms with van der Waals surface area (Å²) >= 11 is 0. The van der Waals surface area contributed by atoms with E-state index in [1.807, 2.05) is 0 Å². The summed E-state index contributed by atoms with van der Waals surface area (Å²) in [6.45, 7) is 8.80. The number of hydrogen-bond acceptors (Lipinski definition) is 4. The van der Waals surface area contributed by atoms with Gasteiger partial charge in [0, 0.05) is 19.6 Å². The van der Waals surface area contributed by atoms with Crippen LogP contribution in [0.1, 0.15) is 26.7 Å². The molecule has 1 aliphatic heterocycles. The normalized spacial score (nSPS) is 19.6. The Morgan fingerprint density at radius 1 is 1.39 bits per heavy atom. The smallest absolute Gasteiger partial charge is 0.234 e. The number of hydrogen-bond donors (Lipinski definition) is 3. The highest BCUT2D eigenvalue weighted by Crippen LogP contribution is 2.03. The summed E-state index contributed by atoms with van der Waals surface area (Å²) in [5, 5.41) is 15.8. The lowest BCUT2D eigenvalue weighted by molar-refractivity contribution is -0.122. The highest BCUT2D eigenvalue weighted by molar-refractivity contribution is 5.78. The first-order valence-corrected chi connectivity index (χ1v) is 6.95. The third-order valence-electron chi connectivity index (χ3n) is 3.08. The predicted molar refractivity (Wildman–Crippen MR) is 72.4 cm³/mol. The summed E-state index contributed by atoms with van der Waals surface area (Å²) in [7, 11) is 0. The molecular formula is C13H27N3O2. The summed E-state index contributed by atoms with van der Waals surface area (Å²) in [6, 6.07) is 0. The fraction of sp³-hybridized carbons (Fsp3) is 0.923. The minimum Gasteiger partial charge on any atom is -0.391 e. The molecule has 1 saturated heterocycles. The van der Waals surface area contributed by atoms with Crippen molar-refractivity contribution in [2.75, 3.05) is 39.3 Å². The van der Waals surface area contributed by atoms with Gasteiger partial charge in [0.25, 0.3) is 0 Å².